The van der Waals surface area contributed by atoms with Gasteiger partial charge in [0.15, 0.2) is 6.29 Å². The van der Waals surface area contributed by atoms with Crippen LogP contribution in [0.1, 0.15) is 39.5 Å². The molecule has 2 fully saturated rings. The van der Waals surface area contributed by atoms with E-state index in [2.05, 4.69) is 5.32 Å². The van der Waals surface area contributed by atoms with Crippen molar-refractivity contribution in [3.05, 3.63) is 0 Å². The Bertz CT molecular complexity index is 219. The van der Waals surface area contributed by atoms with Crippen molar-refractivity contribution in [3.63, 3.8) is 0 Å². The molecule has 0 amide bonds. The molecule has 0 saturated carbocycles. The molecule has 100 valence electrons. The first-order valence-electron chi connectivity index (χ1n) is 6.95. The SMILES string of the molecule is CCOC(CCNC1CC2CCC1O2)OCC. The molecule has 3 atom stereocenters. The van der Waals surface area contributed by atoms with E-state index >= 15 is 0 Å². The number of fused-ring (bicyclic) bond motifs is 2. The molecule has 17 heavy (non-hydrogen) atoms. The van der Waals surface area contributed by atoms with Gasteiger partial charge in [-0.1, -0.05) is 0 Å². The molecule has 0 aliphatic carbocycles. The number of nitrogens with one attached hydrogen (secondary N) is 1. The highest BCUT2D eigenvalue weighted by atomic mass is 16.7. The van der Waals surface area contributed by atoms with Crippen molar-refractivity contribution in [2.24, 2.45) is 0 Å². The van der Waals surface area contributed by atoms with E-state index in [1.54, 1.807) is 0 Å². The third-order valence-corrected chi connectivity index (χ3v) is 3.60. The van der Waals surface area contributed by atoms with Gasteiger partial charge in [-0.15, -0.1) is 0 Å². The molecule has 1 N–H and O–H groups in total. The van der Waals surface area contributed by atoms with Crippen LogP contribution >= 0.6 is 0 Å². The molecule has 2 aliphatic heterocycles. The van der Waals surface area contributed by atoms with Crippen molar-refractivity contribution >= 4 is 0 Å². The second-order valence-electron chi connectivity index (χ2n) is 4.80. The Hall–Kier alpha value is -0.160. The summed E-state index contributed by atoms with van der Waals surface area (Å²) < 4.78 is 16.8. The predicted octanol–water partition coefficient (Wildman–Crippen LogP) is 1.69. The Morgan fingerprint density at radius 2 is 2.00 bits per heavy atom. The van der Waals surface area contributed by atoms with Gasteiger partial charge in [-0.2, -0.15) is 0 Å². The van der Waals surface area contributed by atoms with Gasteiger partial charge in [0.05, 0.1) is 12.2 Å². The molecule has 0 aromatic carbocycles. The molecule has 4 heteroatoms. The molecule has 2 heterocycles. The summed E-state index contributed by atoms with van der Waals surface area (Å²) in [5.41, 5.74) is 0. The van der Waals surface area contributed by atoms with E-state index in [0.717, 1.165) is 13.0 Å². The highest BCUT2D eigenvalue weighted by Gasteiger charge is 2.40. The van der Waals surface area contributed by atoms with Gasteiger partial charge >= 0.3 is 0 Å². The fourth-order valence-electron chi connectivity index (χ4n) is 2.83. The molecule has 0 aromatic rings. The molecular formula is C13H25NO3. The number of hydrogen-bond donors (Lipinski definition) is 1. The lowest BCUT2D eigenvalue weighted by molar-refractivity contribution is -0.138. The van der Waals surface area contributed by atoms with Crippen molar-refractivity contribution < 1.29 is 14.2 Å². The average Bonchev–Trinajstić information content (AvgIpc) is 2.91. The first-order valence-corrected chi connectivity index (χ1v) is 6.95. The Morgan fingerprint density at radius 1 is 1.24 bits per heavy atom. The summed E-state index contributed by atoms with van der Waals surface area (Å²) in [6.07, 6.45) is 5.49. The Balaban J connectivity index is 1.61. The highest BCUT2D eigenvalue weighted by Crippen LogP contribution is 2.34. The van der Waals surface area contributed by atoms with Crippen molar-refractivity contribution in [1.82, 2.24) is 5.32 Å². The number of ether oxygens (including phenoxy) is 3. The van der Waals surface area contributed by atoms with Gasteiger partial charge in [-0.3, -0.25) is 0 Å². The third kappa shape index (κ3) is 3.65. The van der Waals surface area contributed by atoms with Gasteiger partial charge in [-0.25, -0.2) is 0 Å². The van der Waals surface area contributed by atoms with Crippen LogP contribution in [-0.2, 0) is 14.2 Å². The topological polar surface area (TPSA) is 39.7 Å². The molecule has 0 radical (unpaired) electrons. The van der Waals surface area contributed by atoms with E-state index in [4.69, 9.17) is 14.2 Å². The van der Waals surface area contributed by atoms with Crippen LogP contribution in [0.25, 0.3) is 0 Å². The van der Waals surface area contributed by atoms with Crippen LogP contribution in [0.2, 0.25) is 0 Å². The third-order valence-electron chi connectivity index (χ3n) is 3.60. The molecule has 0 spiro atoms. The second kappa shape index (κ2) is 6.69. The predicted molar refractivity (Wildman–Crippen MR) is 66.0 cm³/mol. The van der Waals surface area contributed by atoms with Crippen LogP contribution in [-0.4, -0.2) is 44.3 Å². The lowest BCUT2D eigenvalue weighted by Gasteiger charge is -2.22. The Kier molecular flexibility index (Phi) is 5.22. The van der Waals surface area contributed by atoms with Crippen molar-refractivity contribution in [3.8, 4) is 0 Å². The molecular weight excluding hydrogens is 218 g/mol. The van der Waals surface area contributed by atoms with Crippen molar-refractivity contribution in [1.29, 1.82) is 0 Å². The Morgan fingerprint density at radius 3 is 2.53 bits per heavy atom. The second-order valence-corrected chi connectivity index (χ2v) is 4.80. The van der Waals surface area contributed by atoms with Crippen LogP contribution < -0.4 is 5.32 Å². The minimum absolute atomic E-state index is 0.0583. The minimum Gasteiger partial charge on any atom is -0.373 e. The smallest absolute Gasteiger partial charge is 0.158 e. The lowest BCUT2D eigenvalue weighted by Crippen LogP contribution is -2.39. The van der Waals surface area contributed by atoms with Gasteiger partial charge in [0, 0.05) is 32.2 Å². The molecule has 2 saturated heterocycles. The zero-order valence-corrected chi connectivity index (χ0v) is 11.0. The number of rotatable bonds is 8. The summed E-state index contributed by atoms with van der Waals surface area (Å²) in [5, 5.41) is 3.58. The zero-order valence-electron chi connectivity index (χ0n) is 11.0. The first-order chi connectivity index (χ1) is 8.33. The van der Waals surface area contributed by atoms with E-state index in [-0.39, 0.29) is 6.29 Å². The van der Waals surface area contributed by atoms with Crippen LogP contribution in [0.5, 0.6) is 0 Å². The van der Waals surface area contributed by atoms with Crippen molar-refractivity contribution in [2.75, 3.05) is 19.8 Å². The van der Waals surface area contributed by atoms with Gasteiger partial charge in [0.2, 0.25) is 0 Å². The minimum atomic E-state index is -0.0583. The summed E-state index contributed by atoms with van der Waals surface area (Å²) in [6, 6.07) is 0.553. The fraction of sp³-hybridized carbons (Fsp3) is 1.00. The largest absolute Gasteiger partial charge is 0.373 e. The zero-order chi connectivity index (χ0) is 12.1. The quantitative estimate of drug-likeness (QED) is 0.659. The molecule has 0 aromatic heterocycles. The standard InChI is InChI=1S/C13H25NO3/c1-3-15-13(16-4-2)7-8-14-11-9-10-5-6-12(11)17-10/h10-14H,3-9H2,1-2H3. The first kappa shape index (κ1) is 13.3. The van der Waals surface area contributed by atoms with E-state index in [1.165, 1.54) is 19.3 Å². The van der Waals surface area contributed by atoms with Gasteiger partial charge in [0.1, 0.15) is 0 Å². The summed E-state index contributed by atoms with van der Waals surface area (Å²) in [4.78, 5) is 0. The summed E-state index contributed by atoms with van der Waals surface area (Å²) >= 11 is 0. The normalized spacial score (nSPS) is 31.6. The van der Waals surface area contributed by atoms with E-state index in [9.17, 15) is 0 Å². The molecule has 4 nitrogen and oxygen atoms in total. The lowest BCUT2D eigenvalue weighted by atomic mass is 9.95. The van der Waals surface area contributed by atoms with E-state index in [0.29, 0.717) is 31.5 Å². The van der Waals surface area contributed by atoms with Gasteiger partial charge in [0.25, 0.3) is 0 Å². The van der Waals surface area contributed by atoms with E-state index in [1.807, 2.05) is 13.8 Å². The fourth-order valence-corrected chi connectivity index (χ4v) is 2.83. The van der Waals surface area contributed by atoms with E-state index < -0.39 is 0 Å². The maximum absolute atomic E-state index is 5.81. The van der Waals surface area contributed by atoms with Gasteiger partial charge in [-0.05, 0) is 33.1 Å². The van der Waals surface area contributed by atoms with Crippen LogP contribution in [0.4, 0.5) is 0 Å². The van der Waals surface area contributed by atoms with Crippen LogP contribution in [0.15, 0.2) is 0 Å². The van der Waals surface area contributed by atoms with Crippen LogP contribution in [0.3, 0.4) is 0 Å². The summed E-state index contributed by atoms with van der Waals surface area (Å²) in [6.45, 7) is 6.37. The molecule has 2 aliphatic rings. The summed E-state index contributed by atoms with van der Waals surface area (Å²) in [5.74, 6) is 0. The summed E-state index contributed by atoms with van der Waals surface area (Å²) in [7, 11) is 0. The van der Waals surface area contributed by atoms with Crippen molar-refractivity contribution in [2.45, 2.75) is 64.1 Å². The Labute approximate surface area is 104 Å². The highest BCUT2D eigenvalue weighted by molar-refractivity contribution is 4.93. The molecule has 3 unspecified atom stereocenters. The average molecular weight is 243 g/mol. The maximum Gasteiger partial charge on any atom is 0.158 e. The van der Waals surface area contributed by atoms with Crippen LogP contribution in [0, 0.1) is 0 Å². The molecule has 2 rings (SSSR count). The number of hydrogen-bond acceptors (Lipinski definition) is 4. The maximum atomic E-state index is 5.81. The monoisotopic (exact) mass is 243 g/mol. The molecule has 2 bridgehead atoms. The van der Waals surface area contributed by atoms with Gasteiger partial charge < -0.3 is 19.5 Å².